The van der Waals surface area contributed by atoms with Gasteiger partial charge in [0.25, 0.3) is 0 Å². The molecule has 0 bridgehead atoms. The summed E-state index contributed by atoms with van der Waals surface area (Å²) in [4.78, 5) is 22.9. The average Bonchev–Trinajstić information content (AvgIpc) is 2.61. The maximum Gasteiger partial charge on any atom is 0.407 e. The number of methoxy groups -OCH3 is 1. The zero-order chi connectivity index (χ0) is 13.1. The van der Waals surface area contributed by atoms with Crippen LogP contribution in [0.1, 0.15) is 20.8 Å². The smallest absolute Gasteiger partial charge is 0.407 e. The van der Waals surface area contributed by atoms with Gasteiger partial charge in [0.15, 0.2) is 0 Å². The quantitative estimate of drug-likeness (QED) is 0.725. The minimum atomic E-state index is -0.565. The highest BCUT2D eigenvalue weighted by Gasteiger charge is 2.36. The molecule has 17 heavy (non-hydrogen) atoms. The Hall–Kier alpha value is -1.30. The van der Waals surface area contributed by atoms with E-state index in [1.54, 1.807) is 20.8 Å². The number of esters is 1. The van der Waals surface area contributed by atoms with Crippen molar-refractivity contribution in [1.82, 2.24) is 5.32 Å². The molecule has 1 heterocycles. The maximum absolute atomic E-state index is 11.5. The van der Waals surface area contributed by atoms with Crippen molar-refractivity contribution in [1.29, 1.82) is 0 Å². The molecule has 6 heteroatoms. The van der Waals surface area contributed by atoms with Crippen molar-refractivity contribution < 1.29 is 23.8 Å². The molecule has 6 nitrogen and oxygen atoms in total. The molecular formula is C11H19NO5. The van der Waals surface area contributed by atoms with Gasteiger partial charge in [-0.05, 0) is 20.8 Å². The van der Waals surface area contributed by atoms with Gasteiger partial charge in [-0.3, -0.25) is 4.79 Å². The first kappa shape index (κ1) is 13.8. The number of carbonyl (C=O) groups excluding carboxylic acids is 2. The van der Waals surface area contributed by atoms with Crippen molar-refractivity contribution in [2.75, 3.05) is 20.3 Å². The lowest BCUT2D eigenvalue weighted by Crippen LogP contribution is -2.45. The standard InChI is InChI=1S/C11H19NO5/c1-11(2,3)17-10(14)12-8-6-16-5-7(8)9(13)15-4/h7-8H,5-6H2,1-4H3,(H,12,14)/t7-,8-/m0/s1. The molecule has 1 rings (SSSR count). The summed E-state index contributed by atoms with van der Waals surface area (Å²) >= 11 is 0. The topological polar surface area (TPSA) is 73.9 Å². The molecule has 0 aromatic carbocycles. The molecule has 1 amide bonds. The Bertz CT molecular complexity index is 297. The summed E-state index contributed by atoms with van der Waals surface area (Å²) in [5, 5.41) is 2.61. The van der Waals surface area contributed by atoms with Crippen LogP contribution in [0.2, 0.25) is 0 Å². The Labute approximate surface area is 101 Å². The van der Waals surface area contributed by atoms with Crippen LogP contribution in [-0.2, 0) is 19.0 Å². The second kappa shape index (κ2) is 5.35. The molecule has 0 aromatic rings. The Morgan fingerprint density at radius 1 is 1.29 bits per heavy atom. The summed E-state index contributed by atoms with van der Waals surface area (Å²) in [6.07, 6.45) is -0.554. The lowest BCUT2D eigenvalue weighted by Gasteiger charge is -2.22. The molecule has 0 radical (unpaired) electrons. The largest absolute Gasteiger partial charge is 0.469 e. The summed E-state index contributed by atoms with van der Waals surface area (Å²) in [5.41, 5.74) is -0.565. The number of amides is 1. The van der Waals surface area contributed by atoms with Crippen molar-refractivity contribution in [2.45, 2.75) is 32.4 Å². The Morgan fingerprint density at radius 3 is 2.47 bits per heavy atom. The molecule has 0 aromatic heterocycles. The van der Waals surface area contributed by atoms with Crippen LogP contribution in [0.25, 0.3) is 0 Å². The fraction of sp³-hybridized carbons (Fsp3) is 0.818. The molecule has 0 saturated carbocycles. The van der Waals surface area contributed by atoms with Gasteiger partial charge in [-0.15, -0.1) is 0 Å². The Kier molecular flexibility index (Phi) is 4.34. The van der Waals surface area contributed by atoms with E-state index in [1.165, 1.54) is 7.11 Å². The van der Waals surface area contributed by atoms with E-state index in [-0.39, 0.29) is 12.6 Å². The third-order valence-electron chi connectivity index (χ3n) is 2.29. The summed E-state index contributed by atoms with van der Waals surface area (Å²) in [7, 11) is 1.31. The third-order valence-corrected chi connectivity index (χ3v) is 2.29. The highest BCUT2D eigenvalue weighted by Crippen LogP contribution is 2.16. The number of alkyl carbamates (subject to hydrolysis) is 1. The van der Waals surface area contributed by atoms with Crippen molar-refractivity contribution in [2.24, 2.45) is 5.92 Å². The third kappa shape index (κ3) is 4.22. The molecule has 98 valence electrons. The van der Waals surface area contributed by atoms with Crippen molar-refractivity contribution in [3.63, 3.8) is 0 Å². The summed E-state index contributed by atoms with van der Waals surface area (Å²) in [6, 6.07) is -0.391. The molecule has 0 spiro atoms. The lowest BCUT2D eigenvalue weighted by atomic mass is 10.0. The molecule has 1 saturated heterocycles. The lowest BCUT2D eigenvalue weighted by molar-refractivity contribution is -0.145. The highest BCUT2D eigenvalue weighted by molar-refractivity contribution is 5.75. The van der Waals surface area contributed by atoms with E-state index in [2.05, 4.69) is 10.1 Å². The molecule has 1 fully saturated rings. The number of carbonyl (C=O) groups is 2. The molecule has 1 aliphatic rings. The van der Waals surface area contributed by atoms with E-state index in [1.807, 2.05) is 0 Å². The monoisotopic (exact) mass is 245 g/mol. The number of rotatable bonds is 2. The van der Waals surface area contributed by atoms with Crippen LogP contribution in [0.3, 0.4) is 0 Å². The van der Waals surface area contributed by atoms with E-state index in [0.29, 0.717) is 6.61 Å². The van der Waals surface area contributed by atoms with Crippen LogP contribution in [0.15, 0.2) is 0 Å². The van der Waals surface area contributed by atoms with Crippen molar-refractivity contribution in [3.05, 3.63) is 0 Å². The molecule has 1 N–H and O–H groups in total. The van der Waals surface area contributed by atoms with Crippen LogP contribution in [0.5, 0.6) is 0 Å². The van der Waals surface area contributed by atoms with Gasteiger partial charge in [0, 0.05) is 0 Å². The van der Waals surface area contributed by atoms with Crippen LogP contribution >= 0.6 is 0 Å². The van der Waals surface area contributed by atoms with Gasteiger partial charge < -0.3 is 19.5 Å². The average molecular weight is 245 g/mol. The van der Waals surface area contributed by atoms with Gasteiger partial charge in [0.1, 0.15) is 11.5 Å². The van der Waals surface area contributed by atoms with Crippen LogP contribution in [0, 0.1) is 5.92 Å². The molecular weight excluding hydrogens is 226 g/mol. The highest BCUT2D eigenvalue weighted by atomic mass is 16.6. The van der Waals surface area contributed by atoms with E-state index in [4.69, 9.17) is 9.47 Å². The summed E-state index contributed by atoms with van der Waals surface area (Å²) in [6.45, 7) is 5.87. The maximum atomic E-state index is 11.5. The van der Waals surface area contributed by atoms with E-state index in [0.717, 1.165) is 0 Å². The first-order chi connectivity index (χ1) is 7.83. The van der Waals surface area contributed by atoms with Gasteiger partial charge >= 0.3 is 12.1 Å². The van der Waals surface area contributed by atoms with E-state index < -0.39 is 23.7 Å². The van der Waals surface area contributed by atoms with E-state index >= 15 is 0 Å². The summed E-state index contributed by atoms with van der Waals surface area (Å²) in [5.74, 6) is -0.851. The zero-order valence-corrected chi connectivity index (χ0v) is 10.6. The number of ether oxygens (including phenoxy) is 3. The Balaban J connectivity index is 2.50. The van der Waals surface area contributed by atoms with Crippen molar-refractivity contribution in [3.8, 4) is 0 Å². The molecule has 0 unspecified atom stereocenters. The predicted octanol–water partition coefficient (Wildman–Crippen LogP) is 0.699. The number of nitrogens with one attached hydrogen (secondary N) is 1. The van der Waals surface area contributed by atoms with Gasteiger partial charge in [0.05, 0.1) is 26.4 Å². The summed E-state index contributed by atoms with van der Waals surface area (Å²) < 4.78 is 14.9. The fourth-order valence-corrected chi connectivity index (χ4v) is 1.54. The molecule has 2 atom stereocenters. The zero-order valence-electron chi connectivity index (χ0n) is 10.6. The number of hydrogen-bond acceptors (Lipinski definition) is 5. The van der Waals surface area contributed by atoms with Gasteiger partial charge in [0.2, 0.25) is 0 Å². The predicted molar refractivity (Wildman–Crippen MR) is 59.5 cm³/mol. The minimum absolute atomic E-state index is 0.257. The normalized spacial score (nSPS) is 24.2. The molecule has 1 aliphatic heterocycles. The SMILES string of the molecule is COC(=O)[C@H]1COC[C@@H]1NC(=O)OC(C)(C)C. The molecule has 0 aliphatic carbocycles. The minimum Gasteiger partial charge on any atom is -0.469 e. The van der Waals surface area contributed by atoms with Gasteiger partial charge in [-0.2, -0.15) is 0 Å². The van der Waals surface area contributed by atoms with E-state index in [9.17, 15) is 9.59 Å². The Morgan fingerprint density at radius 2 is 1.94 bits per heavy atom. The first-order valence-electron chi connectivity index (χ1n) is 5.48. The van der Waals surface area contributed by atoms with Crippen LogP contribution in [0.4, 0.5) is 4.79 Å². The fourth-order valence-electron chi connectivity index (χ4n) is 1.54. The number of hydrogen-bond donors (Lipinski definition) is 1. The van der Waals surface area contributed by atoms with Crippen molar-refractivity contribution >= 4 is 12.1 Å². The first-order valence-corrected chi connectivity index (χ1v) is 5.48. The second-order valence-corrected chi connectivity index (χ2v) is 4.92. The van der Waals surface area contributed by atoms with Crippen LogP contribution < -0.4 is 5.32 Å². The van der Waals surface area contributed by atoms with Gasteiger partial charge in [-0.25, -0.2) is 4.79 Å². The van der Waals surface area contributed by atoms with Gasteiger partial charge in [-0.1, -0.05) is 0 Å². The second-order valence-electron chi connectivity index (χ2n) is 4.92. The van der Waals surface area contributed by atoms with Crippen LogP contribution in [-0.4, -0.2) is 44.0 Å².